The third-order valence-corrected chi connectivity index (χ3v) is 10.4. The van der Waals surface area contributed by atoms with Crippen LogP contribution in [-0.2, 0) is 14.8 Å². The van der Waals surface area contributed by atoms with Crippen LogP contribution in [0.4, 0.5) is 17.5 Å². The second-order valence-corrected chi connectivity index (χ2v) is 13.8. The fraction of sp³-hybridized carbons (Fsp3) is 0.333. The Morgan fingerprint density at radius 2 is 1.89 bits per heavy atom. The molecular formula is C30H33N9O5S2. The van der Waals surface area contributed by atoms with E-state index in [1.165, 1.54) is 18.3 Å². The Kier molecular flexibility index (Phi) is 8.95. The second kappa shape index (κ2) is 13.1. The minimum atomic E-state index is -4.26. The van der Waals surface area contributed by atoms with Crippen molar-refractivity contribution in [3.8, 4) is 10.6 Å². The maximum Gasteiger partial charge on any atom is 0.325 e. The van der Waals surface area contributed by atoms with Gasteiger partial charge in [-0.25, -0.2) is 37.9 Å². The number of nitrogens with zero attached hydrogens (tertiary/aromatic N) is 5. The number of anilines is 3. The minimum absolute atomic E-state index is 0.0443. The van der Waals surface area contributed by atoms with Crippen LogP contribution in [0, 0.1) is 6.92 Å². The van der Waals surface area contributed by atoms with Crippen molar-refractivity contribution in [2.24, 2.45) is 0 Å². The van der Waals surface area contributed by atoms with Gasteiger partial charge in [0.1, 0.15) is 5.82 Å². The van der Waals surface area contributed by atoms with Gasteiger partial charge in [0.25, 0.3) is 5.56 Å². The number of sulfonamides is 1. The average Bonchev–Trinajstić information content (AvgIpc) is 3.48. The minimum Gasteiger partial charge on any atom is -0.378 e. The van der Waals surface area contributed by atoms with Crippen molar-refractivity contribution >= 4 is 44.4 Å². The number of morpholine rings is 1. The quantitative estimate of drug-likeness (QED) is 0.206. The lowest BCUT2D eigenvalue weighted by Gasteiger charge is -2.27. The molecule has 16 heteroatoms. The maximum atomic E-state index is 13.2. The van der Waals surface area contributed by atoms with E-state index in [2.05, 4.69) is 43.7 Å². The Bertz CT molecular complexity index is 2030. The third kappa shape index (κ3) is 6.84. The molecule has 4 aromatic rings. The summed E-state index contributed by atoms with van der Waals surface area (Å²) >= 11 is 1.51. The standard InChI is InChI=1S/C30H33N9O5S2/c1-17(2)28-36-24(19-5-4-6-20(15-19)38-46(42,43)26-18(3)33-30(41)37-27(26)40)25(45-28)22-9-10-31-29(35-22)34-21-7-8-23(32-16-21)39-11-13-44-14-12-39/h4-5,7-10,15-17,20,38H,6,11-14H2,1-3H3,(H,31,34,35)(H2,33,37,40,41). The number of nitrogens with one attached hydrogen (secondary N) is 4. The van der Waals surface area contributed by atoms with Gasteiger partial charge in [-0.15, -0.1) is 11.3 Å². The van der Waals surface area contributed by atoms with Crippen LogP contribution < -0.4 is 26.2 Å². The van der Waals surface area contributed by atoms with E-state index in [0.717, 1.165) is 34.5 Å². The van der Waals surface area contributed by atoms with E-state index >= 15 is 0 Å². The Balaban J connectivity index is 1.27. The van der Waals surface area contributed by atoms with Crippen LogP contribution in [0.2, 0.25) is 0 Å². The van der Waals surface area contributed by atoms with Crippen molar-refractivity contribution in [3.05, 3.63) is 86.1 Å². The highest BCUT2D eigenvalue weighted by Crippen LogP contribution is 2.38. The topological polar surface area (TPSA) is 188 Å². The van der Waals surface area contributed by atoms with Gasteiger partial charge in [-0.2, -0.15) is 0 Å². The molecule has 4 aromatic heterocycles. The smallest absolute Gasteiger partial charge is 0.325 e. The van der Waals surface area contributed by atoms with Crippen molar-refractivity contribution in [2.45, 2.75) is 44.0 Å². The summed E-state index contributed by atoms with van der Waals surface area (Å²) in [4.78, 5) is 49.4. The zero-order valence-corrected chi connectivity index (χ0v) is 27.0. The molecule has 240 valence electrons. The summed E-state index contributed by atoms with van der Waals surface area (Å²) < 4.78 is 34.4. The molecule has 0 aromatic carbocycles. The normalized spacial score (nSPS) is 16.9. The third-order valence-electron chi connectivity index (χ3n) is 7.36. The molecule has 0 spiro atoms. The number of rotatable bonds is 9. The summed E-state index contributed by atoms with van der Waals surface area (Å²) in [5.74, 6) is 1.42. The molecule has 1 aliphatic carbocycles. The average molecular weight is 664 g/mol. The highest BCUT2D eigenvalue weighted by Gasteiger charge is 2.27. The van der Waals surface area contributed by atoms with E-state index < -0.39 is 32.2 Å². The SMILES string of the molecule is Cc1[nH]c(=O)[nH]c(=O)c1S(=O)(=O)NC1C=C(c2nc(C(C)C)sc2-c2ccnc(Nc3ccc(N4CCOCC4)nc3)n2)C=CC1. The number of aryl methyl sites for hydroxylation is 1. The fourth-order valence-corrected chi connectivity index (χ4v) is 7.65. The molecule has 2 aliphatic rings. The van der Waals surface area contributed by atoms with Gasteiger partial charge in [0.15, 0.2) is 4.90 Å². The first-order chi connectivity index (χ1) is 22.1. The van der Waals surface area contributed by atoms with Crippen molar-refractivity contribution in [2.75, 3.05) is 36.5 Å². The van der Waals surface area contributed by atoms with Gasteiger partial charge in [-0.1, -0.05) is 32.1 Å². The molecule has 1 unspecified atom stereocenters. The summed E-state index contributed by atoms with van der Waals surface area (Å²) in [7, 11) is -4.26. The van der Waals surface area contributed by atoms with Crippen LogP contribution in [0.1, 0.15) is 42.6 Å². The van der Waals surface area contributed by atoms with E-state index in [4.69, 9.17) is 14.7 Å². The van der Waals surface area contributed by atoms with Crippen LogP contribution in [0.5, 0.6) is 0 Å². The second-order valence-electron chi connectivity index (χ2n) is 11.1. The molecule has 1 saturated heterocycles. The molecule has 4 N–H and O–H groups in total. The molecule has 46 heavy (non-hydrogen) atoms. The van der Waals surface area contributed by atoms with E-state index in [9.17, 15) is 18.0 Å². The Hall–Kier alpha value is -4.51. The van der Waals surface area contributed by atoms with Crippen LogP contribution in [-0.4, -0.2) is 70.7 Å². The lowest BCUT2D eigenvalue weighted by Crippen LogP contribution is -2.39. The number of pyridine rings is 1. The van der Waals surface area contributed by atoms with Crippen LogP contribution in [0.3, 0.4) is 0 Å². The van der Waals surface area contributed by atoms with Crippen LogP contribution in [0.25, 0.3) is 16.1 Å². The maximum absolute atomic E-state index is 13.2. The van der Waals surface area contributed by atoms with Crippen molar-refractivity contribution in [3.63, 3.8) is 0 Å². The largest absolute Gasteiger partial charge is 0.378 e. The van der Waals surface area contributed by atoms with Crippen LogP contribution in [0.15, 0.2) is 63.3 Å². The number of thiazole rings is 1. The van der Waals surface area contributed by atoms with Gasteiger partial charge in [-0.3, -0.25) is 9.78 Å². The van der Waals surface area contributed by atoms with E-state index in [1.54, 1.807) is 18.5 Å². The number of hydrogen-bond acceptors (Lipinski definition) is 12. The predicted molar refractivity (Wildman–Crippen MR) is 176 cm³/mol. The van der Waals surface area contributed by atoms with Gasteiger partial charge in [-0.05, 0) is 37.1 Å². The Morgan fingerprint density at radius 1 is 1.09 bits per heavy atom. The highest BCUT2D eigenvalue weighted by atomic mass is 32.2. The Labute approximate surface area is 268 Å². The van der Waals surface area contributed by atoms with E-state index in [1.807, 2.05) is 35.3 Å². The molecule has 6 rings (SSSR count). The summed E-state index contributed by atoms with van der Waals surface area (Å²) in [6.07, 6.45) is 9.30. The molecule has 1 atom stereocenters. The molecular weight excluding hydrogens is 631 g/mol. The highest BCUT2D eigenvalue weighted by molar-refractivity contribution is 7.89. The number of aromatic amines is 2. The van der Waals surface area contributed by atoms with Gasteiger partial charge in [0.05, 0.1) is 46.4 Å². The fourth-order valence-electron chi connectivity index (χ4n) is 5.16. The lowest BCUT2D eigenvalue weighted by molar-refractivity contribution is 0.122. The number of hydrogen-bond donors (Lipinski definition) is 4. The van der Waals surface area contributed by atoms with Gasteiger partial charge in [0.2, 0.25) is 16.0 Å². The number of aromatic nitrogens is 6. The Morgan fingerprint density at radius 3 is 2.61 bits per heavy atom. The van der Waals surface area contributed by atoms with Crippen molar-refractivity contribution in [1.82, 2.24) is 34.6 Å². The zero-order chi connectivity index (χ0) is 32.4. The zero-order valence-electron chi connectivity index (χ0n) is 25.4. The lowest BCUT2D eigenvalue weighted by atomic mass is 10.00. The predicted octanol–water partition coefficient (Wildman–Crippen LogP) is 3.07. The summed E-state index contributed by atoms with van der Waals surface area (Å²) in [5.41, 5.74) is 0.964. The number of allylic oxidation sites excluding steroid dienone is 2. The summed E-state index contributed by atoms with van der Waals surface area (Å²) in [6, 6.07) is 5.03. The molecule has 1 aliphatic heterocycles. The molecule has 5 heterocycles. The number of ether oxygens (including phenoxy) is 1. The van der Waals surface area contributed by atoms with E-state index in [0.29, 0.717) is 42.5 Å². The van der Waals surface area contributed by atoms with Gasteiger partial charge in [0, 0.05) is 36.9 Å². The first-order valence-corrected chi connectivity index (χ1v) is 17.0. The van der Waals surface area contributed by atoms with Crippen molar-refractivity contribution in [1.29, 1.82) is 0 Å². The van der Waals surface area contributed by atoms with E-state index in [-0.39, 0.29) is 11.6 Å². The first kappa shape index (κ1) is 31.5. The monoisotopic (exact) mass is 663 g/mol. The summed E-state index contributed by atoms with van der Waals surface area (Å²) in [6.45, 7) is 8.44. The number of H-pyrrole nitrogens is 2. The molecule has 0 radical (unpaired) electrons. The van der Waals surface area contributed by atoms with Gasteiger partial charge < -0.3 is 19.9 Å². The van der Waals surface area contributed by atoms with Crippen molar-refractivity contribution < 1.29 is 13.2 Å². The molecule has 0 saturated carbocycles. The first-order valence-electron chi connectivity index (χ1n) is 14.7. The molecule has 1 fully saturated rings. The van der Waals surface area contributed by atoms with Crippen LogP contribution >= 0.6 is 11.3 Å². The molecule has 14 nitrogen and oxygen atoms in total. The molecule has 0 bridgehead atoms. The van der Waals surface area contributed by atoms with Gasteiger partial charge >= 0.3 is 5.69 Å². The summed E-state index contributed by atoms with van der Waals surface area (Å²) in [5, 5.41) is 4.13. The molecule has 0 amide bonds.